The third kappa shape index (κ3) is 2.72. The standard InChI is InChI=1S/C15H21F2N/c1-9-3-4-11(7-10(9)2)15(18)13-8-12(16)5-6-14(13)17/h5-6,8-11,15H,3-4,7,18H2,1-2H3. The van der Waals surface area contributed by atoms with Crippen molar-refractivity contribution in [2.24, 2.45) is 23.5 Å². The fourth-order valence-electron chi connectivity index (χ4n) is 2.94. The molecule has 0 heterocycles. The lowest BCUT2D eigenvalue weighted by molar-refractivity contribution is 0.184. The third-order valence-electron chi connectivity index (χ3n) is 4.46. The van der Waals surface area contributed by atoms with E-state index in [1.807, 2.05) is 0 Å². The van der Waals surface area contributed by atoms with Crippen molar-refractivity contribution < 1.29 is 8.78 Å². The molecule has 1 aromatic rings. The van der Waals surface area contributed by atoms with Gasteiger partial charge in [0.05, 0.1) is 0 Å². The average Bonchev–Trinajstić information content (AvgIpc) is 2.35. The Kier molecular flexibility index (Phi) is 4.00. The highest BCUT2D eigenvalue weighted by molar-refractivity contribution is 5.22. The largest absolute Gasteiger partial charge is 0.324 e. The average molecular weight is 253 g/mol. The number of nitrogens with two attached hydrogens (primary N) is 1. The Balaban J connectivity index is 2.16. The van der Waals surface area contributed by atoms with Crippen molar-refractivity contribution in [1.82, 2.24) is 0 Å². The first-order chi connectivity index (χ1) is 8.49. The smallest absolute Gasteiger partial charge is 0.128 e. The Hall–Kier alpha value is -0.960. The molecule has 1 aromatic carbocycles. The summed E-state index contributed by atoms with van der Waals surface area (Å²) >= 11 is 0. The second kappa shape index (κ2) is 5.35. The number of halogens is 2. The summed E-state index contributed by atoms with van der Waals surface area (Å²) in [6, 6.07) is 3.15. The lowest BCUT2D eigenvalue weighted by atomic mass is 9.72. The van der Waals surface area contributed by atoms with Gasteiger partial charge in [-0.1, -0.05) is 20.3 Å². The molecule has 0 saturated heterocycles. The summed E-state index contributed by atoms with van der Waals surface area (Å²) < 4.78 is 26.9. The molecule has 2 N–H and O–H groups in total. The normalized spacial score (nSPS) is 30.2. The molecule has 18 heavy (non-hydrogen) atoms. The Labute approximate surface area is 107 Å². The van der Waals surface area contributed by atoms with E-state index < -0.39 is 17.7 Å². The molecule has 0 radical (unpaired) electrons. The summed E-state index contributed by atoms with van der Waals surface area (Å²) in [6.07, 6.45) is 3.12. The predicted octanol–water partition coefficient (Wildman–Crippen LogP) is 4.04. The monoisotopic (exact) mass is 253 g/mol. The molecule has 2 rings (SSSR count). The van der Waals surface area contributed by atoms with E-state index in [0.717, 1.165) is 25.3 Å². The molecule has 0 bridgehead atoms. The molecule has 4 atom stereocenters. The van der Waals surface area contributed by atoms with E-state index in [4.69, 9.17) is 5.73 Å². The van der Waals surface area contributed by atoms with Crippen molar-refractivity contribution in [2.45, 2.75) is 39.2 Å². The van der Waals surface area contributed by atoms with Gasteiger partial charge in [0.2, 0.25) is 0 Å². The van der Waals surface area contributed by atoms with E-state index in [-0.39, 0.29) is 5.92 Å². The van der Waals surface area contributed by atoms with Gasteiger partial charge in [-0.25, -0.2) is 8.78 Å². The van der Waals surface area contributed by atoms with Gasteiger partial charge in [-0.3, -0.25) is 0 Å². The molecular weight excluding hydrogens is 232 g/mol. The first-order valence-corrected chi connectivity index (χ1v) is 6.69. The summed E-state index contributed by atoms with van der Waals surface area (Å²) in [4.78, 5) is 0. The molecule has 1 aliphatic rings. The Morgan fingerprint density at radius 3 is 2.56 bits per heavy atom. The Morgan fingerprint density at radius 1 is 1.17 bits per heavy atom. The van der Waals surface area contributed by atoms with Crippen LogP contribution in [0.25, 0.3) is 0 Å². The summed E-state index contributed by atoms with van der Waals surface area (Å²) in [6.45, 7) is 4.46. The minimum Gasteiger partial charge on any atom is -0.324 e. The Bertz CT molecular complexity index is 419. The summed E-state index contributed by atoms with van der Waals surface area (Å²) in [7, 11) is 0. The molecule has 1 fully saturated rings. The van der Waals surface area contributed by atoms with E-state index in [0.29, 0.717) is 17.4 Å². The van der Waals surface area contributed by atoms with Crippen LogP contribution in [0.4, 0.5) is 8.78 Å². The highest BCUT2D eigenvalue weighted by atomic mass is 19.1. The van der Waals surface area contributed by atoms with Gasteiger partial charge in [0.25, 0.3) is 0 Å². The highest BCUT2D eigenvalue weighted by Crippen LogP contribution is 2.39. The molecule has 1 aliphatic carbocycles. The summed E-state index contributed by atoms with van der Waals surface area (Å²) in [5, 5.41) is 0. The molecular formula is C15H21F2N. The first-order valence-electron chi connectivity index (χ1n) is 6.69. The molecule has 100 valence electrons. The minimum absolute atomic E-state index is 0.257. The van der Waals surface area contributed by atoms with Crippen LogP contribution in [0.15, 0.2) is 18.2 Å². The molecule has 1 nitrogen and oxygen atoms in total. The Morgan fingerprint density at radius 2 is 1.89 bits per heavy atom. The predicted molar refractivity (Wildman–Crippen MR) is 69.0 cm³/mol. The van der Waals surface area contributed by atoms with Crippen LogP contribution in [0.3, 0.4) is 0 Å². The van der Waals surface area contributed by atoms with E-state index in [1.54, 1.807) is 0 Å². The van der Waals surface area contributed by atoms with Crippen molar-refractivity contribution in [1.29, 1.82) is 0 Å². The lowest BCUT2D eigenvalue weighted by Crippen LogP contribution is -2.30. The van der Waals surface area contributed by atoms with Crippen LogP contribution in [0, 0.1) is 29.4 Å². The van der Waals surface area contributed by atoms with Gasteiger partial charge in [-0.2, -0.15) is 0 Å². The number of hydrogen-bond acceptors (Lipinski definition) is 1. The zero-order valence-electron chi connectivity index (χ0n) is 11.0. The van der Waals surface area contributed by atoms with Gasteiger partial charge >= 0.3 is 0 Å². The second-order valence-electron chi connectivity index (χ2n) is 5.72. The number of hydrogen-bond donors (Lipinski definition) is 1. The third-order valence-corrected chi connectivity index (χ3v) is 4.46. The second-order valence-corrected chi connectivity index (χ2v) is 5.72. The van der Waals surface area contributed by atoms with E-state index in [1.165, 1.54) is 12.1 Å². The maximum atomic E-state index is 13.7. The highest BCUT2D eigenvalue weighted by Gasteiger charge is 2.30. The van der Waals surface area contributed by atoms with Gasteiger partial charge in [-0.15, -0.1) is 0 Å². The van der Waals surface area contributed by atoms with Crippen molar-refractivity contribution in [3.05, 3.63) is 35.4 Å². The van der Waals surface area contributed by atoms with Crippen LogP contribution in [0.5, 0.6) is 0 Å². The van der Waals surface area contributed by atoms with Gasteiger partial charge in [0.1, 0.15) is 11.6 Å². The van der Waals surface area contributed by atoms with Crippen molar-refractivity contribution in [3.8, 4) is 0 Å². The summed E-state index contributed by atoms with van der Waals surface area (Å²) in [5.74, 6) is 0.749. The van der Waals surface area contributed by atoms with Crippen LogP contribution in [0.2, 0.25) is 0 Å². The first kappa shape index (κ1) is 13.5. The maximum Gasteiger partial charge on any atom is 0.128 e. The zero-order chi connectivity index (χ0) is 13.3. The molecule has 0 spiro atoms. The van der Waals surface area contributed by atoms with E-state index >= 15 is 0 Å². The van der Waals surface area contributed by atoms with Crippen molar-refractivity contribution >= 4 is 0 Å². The molecule has 3 heteroatoms. The molecule has 0 aromatic heterocycles. The van der Waals surface area contributed by atoms with E-state index in [9.17, 15) is 8.78 Å². The summed E-state index contributed by atoms with van der Waals surface area (Å²) in [5.41, 5.74) is 6.46. The number of rotatable bonds is 2. The fraction of sp³-hybridized carbons (Fsp3) is 0.600. The van der Waals surface area contributed by atoms with Gasteiger partial charge in [-0.05, 0) is 48.8 Å². The lowest BCUT2D eigenvalue weighted by Gasteiger charge is -2.35. The maximum absolute atomic E-state index is 13.7. The molecule has 0 aliphatic heterocycles. The van der Waals surface area contributed by atoms with Crippen LogP contribution in [-0.4, -0.2) is 0 Å². The van der Waals surface area contributed by atoms with Crippen LogP contribution >= 0.6 is 0 Å². The zero-order valence-corrected chi connectivity index (χ0v) is 11.0. The number of benzene rings is 1. The van der Waals surface area contributed by atoms with Gasteiger partial charge in [0, 0.05) is 11.6 Å². The van der Waals surface area contributed by atoms with Crippen molar-refractivity contribution in [2.75, 3.05) is 0 Å². The minimum atomic E-state index is -0.418. The van der Waals surface area contributed by atoms with Gasteiger partial charge < -0.3 is 5.73 Å². The fourth-order valence-corrected chi connectivity index (χ4v) is 2.94. The van der Waals surface area contributed by atoms with Crippen LogP contribution < -0.4 is 5.73 Å². The van der Waals surface area contributed by atoms with Crippen LogP contribution in [-0.2, 0) is 0 Å². The molecule has 1 saturated carbocycles. The van der Waals surface area contributed by atoms with Crippen molar-refractivity contribution in [3.63, 3.8) is 0 Å². The van der Waals surface area contributed by atoms with Crippen LogP contribution in [0.1, 0.15) is 44.7 Å². The van der Waals surface area contributed by atoms with E-state index in [2.05, 4.69) is 13.8 Å². The SMILES string of the molecule is CC1CCC(C(N)c2cc(F)ccc2F)CC1C. The topological polar surface area (TPSA) is 26.0 Å². The molecule has 0 amide bonds. The molecule has 4 unspecified atom stereocenters. The van der Waals surface area contributed by atoms with Gasteiger partial charge in [0.15, 0.2) is 0 Å². The quantitative estimate of drug-likeness (QED) is 0.845.